The lowest BCUT2D eigenvalue weighted by Crippen LogP contribution is -2.30. The minimum atomic E-state index is -0.151. The van der Waals surface area contributed by atoms with Crippen LogP contribution in [-0.2, 0) is 4.74 Å². The first-order valence-corrected chi connectivity index (χ1v) is 8.44. The number of ether oxygens (including phenoxy) is 1. The van der Waals surface area contributed by atoms with Gasteiger partial charge in [0.15, 0.2) is 0 Å². The van der Waals surface area contributed by atoms with E-state index in [9.17, 15) is 0 Å². The molecule has 0 aromatic heterocycles. The van der Waals surface area contributed by atoms with Crippen molar-refractivity contribution in [3.8, 4) is 0 Å². The van der Waals surface area contributed by atoms with Crippen molar-refractivity contribution in [2.75, 3.05) is 0 Å². The standard InChI is InChI=1S/C20H32O/c1-7-20(6)14-12-18(21-20)16(3)10-11-17-15(2)9-8-13-19(17,4)5/h7,17-18H,1-3,8-14H2,4-6H3/t17-,18+,20+/m1/s1. The van der Waals surface area contributed by atoms with Gasteiger partial charge in [-0.15, -0.1) is 6.58 Å². The Morgan fingerprint density at radius 2 is 2.05 bits per heavy atom. The van der Waals surface area contributed by atoms with Gasteiger partial charge in [0.25, 0.3) is 0 Å². The van der Waals surface area contributed by atoms with Crippen molar-refractivity contribution in [3.63, 3.8) is 0 Å². The predicted molar refractivity (Wildman–Crippen MR) is 91.3 cm³/mol. The van der Waals surface area contributed by atoms with Gasteiger partial charge >= 0.3 is 0 Å². The third kappa shape index (κ3) is 3.69. The quantitative estimate of drug-likeness (QED) is 0.578. The second kappa shape index (κ2) is 6.12. The summed E-state index contributed by atoms with van der Waals surface area (Å²) in [5.74, 6) is 0.634. The van der Waals surface area contributed by atoms with Gasteiger partial charge in [0.05, 0.1) is 11.7 Å². The van der Waals surface area contributed by atoms with Gasteiger partial charge in [-0.25, -0.2) is 0 Å². The smallest absolute Gasteiger partial charge is 0.0841 e. The van der Waals surface area contributed by atoms with E-state index in [0.29, 0.717) is 11.3 Å². The molecule has 21 heavy (non-hydrogen) atoms. The summed E-state index contributed by atoms with van der Waals surface area (Å²) in [7, 11) is 0. The van der Waals surface area contributed by atoms with Crippen LogP contribution in [0, 0.1) is 11.3 Å². The lowest BCUT2D eigenvalue weighted by atomic mass is 9.65. The predicted octanol–water partition coefficient (Wildman–Crippen LogP) is 5.83. The van der Waals surface area contributed by atoms with E-state index >= 15 is 0 Å². The molecule has 1 aliphatic heterocycles. The van der Waals surface area contributed by atoms with Crippen LogP contribution in [0.25, 0.3) is 0 Å². The van der Waals surface area contributed by atoms with Crippen LogP contribution in [0.5, 0.6) is 0 Å². The van der Waals surface area contributed by atoms with Crippen LogP contribution < -0.4 is 0 Å². The average Bonchev–Trinajstić information content (AvgIpc) is 2.81. The van der Waals surface area contributed by atoms with Gasteiger partial charge in [-0.1, -0.05) is 38.7 Å². The Kier molecular flexibility index (Phi) is 4.82. The highest BCUT2D eigenvalue weighted by Crippen LogP contribution is 2.46. The molecule has 0 radical (unpaired) electrons. The Morgan fingerprint density at radius 3 is 2.62 bits per heavy atom. The number of rotatable bonds is 5. The Labute approximate surface area is 131 Å². The third-order valence-electron chi connectivity index (χ3n) is 5.71. The summed E-state index contributed by atoms with van der Waals surface area (Å²) >= 11 is 0. The van der Waals surface area contributed by atoms with E-state index in [-0.39, 0.29) is 11.7 Å². The number of hydrogen-bond donors (Lipinski definition) is 0. The second-order valence-corrected chi connectivity index (χ2v) is 7.91. The van der Waals surface area contributed by atoms with E-state index in [1.165, 1.54) is 36.8 Å². The number of hydrogen-bond acceptors (Lipinski definition) is 1. The Bertz CT molecular complexity index is 431. The van der Waals surface area contributed by atoms with E-state index in [1.54, 1.807) is 0 Å². The molecule has 2 fully saturated rings. The summed E-state index contributed by atoms with van der Waals surface area (Å²) in [6.45, 7) is 19.4. The topological polar surface area (TPSA) is 9.23 Å². The zero-order valence-corrected chi connectivity index (χ0v) is 14.2. The molecule has 1 saturated heterocycles. The van der Waals surface area contributed by atoms with E-state index in [1.807, 2.05) is 6.08 Å². The van der Waals surface area contributed by atoms with Gasteiger partial charge in [0.1, 0.15) is 0 Å². The maximum absolute atomic E-state index is 6.14. The second-order valence-electron chi connectivity index (χ2n) is 7.91. The van der Waals surface area contributed by atoms with Crippen molar-refractivity contribution in [1.82, 2.24) is 0 Å². The fourth-order valence-electron chi connectivity index (χ4n) is 4.06. The molecule has 118 valence electrons. The van der Waals surface area contributed by atoms with Crippen molar-refractivity contribution >= 4 is 0 Å². The molecule has 0 N–H and O–H groups in total. The molecule has 0 unspecified atom stereocenters. The molecule has 3 atom stereocenters. The van der Waals surface area contributed by atoms with Gasteiger partial charge in [-0.05, 0) is 68.8 Å². The third-order valence-corrected chi connectivity index (χ3v) is 5.71. The van der Waals surface area contributed by atoms with E-state index in [0.717, 1.165) is 19.3 Å². The molecule has 0 spiro atoms. The Morgan fingerprint density at radius 1 is 1.33 bits per heavy atom. The van der Waals surface area contributed by atoms with Crippen LogP contribution in [0.3, 0.4) is 0 Å². The highest BCUT2D eigenvalue weighted by atomic mass is 16.5. The first-order valence-electron chi connectivity index (χ1n) is 8.44. The molecule has 1 heteroatoms. The largest absolute Gasteiger partial charge is 0.364 e. The van der Waals surface area contributed by atoms with Crippen molar-refractivity contribution in [2.45, 2.75) is 77.4 Å². The van der Waals surface area contributed by atoms with E-state index in [2.05, 4.69) is 40.5 Å². The zero-order chi connectivity index (χ0) is 15.7. The molecular weight excluding hydrogens is 256 g/mol. The van der Waals surface area contributed by atoms with Crippen LogP contribution in [-0.4, -0.2) is 11.7 Å². The van der Waals surface area contributed by atoms with Crippen molar-refractivity contribution in [2.24, 2.45) is 11.3 Å². The summed E-state index contributed by atoms with van der Waals surface area (Å²) in [4.78, 5) is 0. The first kappa shape index (κ1) is 16.5. The fourth-order valence-corrected chi connectivity index (χ4v) is 4.06. The molecule has 0 amide bonds. The van der Waals surface area contributed by atoms with Crippen LogP contribution in [0.4, 0.5) is 0 Å². The number of allylic oxidation sites excluding steroid dienone is 1. The van der Waals surface area contributed by atoms with E-state index in [4.69, 9.17) is 4.74 Å². The molecule has 1 saturated carbocycles. The van der Waals surface area contributed by atoms with Crippen LogP contribution >= 0.6 is 0 Å². The molecule has 1 nitrogen and oxygen atoms in total. The molecule has 2 rings (SSSR count). The Hall–Kier alpha value is -0.820. The van der Waals surface area contributed by atoms with Crippen LogP contribution in [0.2, 0.25) is 0 Å². The first-order chi connectivity index (χ1) is 9.77. The van der Waals surface area contributed by atoms with Crippen LogP contribution in [0.15, 0.2) is 37.0 Å². The van der Waals surface area contributed by atoms with Crippen LogP contribution in [0.1, 0.15) is 65.7 Å². The minimum absolute atomic E-state index is 0.151. The van der Waals surface area contributed by atoms with Crippen molar-refractivity contribution in [1.29, 1.82) is 0 Å². The summed E-state index contributed by atoms with van der Waals surface area (Å²) in [6.07, 6.45) is 10.3. The molecule has 0 aromatic carbocycles. The Balaban J connectivity index is 1.89. The maximum Gasteiger partial charge on any atom is 0.0841 e. The normalized spacial score (nSPS) is 35.7. The van der Waals surface area contributed by atoms with Gasteiger partial charge in [-0.2, -0.15) is 0 Å². The maximum atomic E-state index is 6.14. The highest BCUT2D eigenvalue weighted by Gasteiger charge is 2.37. The van der Waals surface area contributed by atoms with Gasteiger partial charge in [-0.3, -0.25) is 0 Å². The zero-order valence-electron chi connectivity index (χ0n) is 14.2. The minimum Gasteiger partial charge on any atom is -0.364 e. The van der Waals surface area contributed by atoms with Gasteiger partial charge in [0.2, 0.25) is 0 Å². The summed E-state index contributed by atoms with van der Waals surface area (Å²) < 4.78 is 6.14. The summed E-state index contributed by atoms with van der Waals surface area (Å²) in [5, 5.41) is 0. The molecule has 0 bridgehead atoms. The fraction of sp³-hybridized carbons (Fsp3) is 0.700. The lowest BCUT2D eigenvalue weighted by molar-refractivity contribution is 0.0202. The van der Waals surface area contributed by atoms with Crippen molar-refractivity contribution in [3.05, 3.63) is 37.0 Å². The molecule has 1 heterocycles. The summed E-state index contributed by atoms with van der Waals surface area (Å²) in [5.41, 5.74) is 2.94. The molecule has 0 aromatic rings. The molecular formula is C20H32O. The lowest BCUT2D eigenvalue weighted by Gasteiger charge is -2.40. The molecule has 1 aliphatic carbocycles. The van der Waals surface area contributed by atoms with Gasteiger partial charge < -0.3 is 4.74 Å². The van der Waals surface area contributed by atoms with Crippen molar-refractivity contribution < 1.29 is 4.74 Å². The highest BCUT2D eigenvalue weighted by molar-refractivity contribution is 5.14. The SMILES string of the molecule is C=C[C@@]1(C)CC[C@@H](C(=C)CC[C@@H]2C(=C)CCCC2(C)C)O1. The molecule has 2 aliphatic rings. The average molecular weight is 288 g/mol. The summed E-state index contributed by atoms with van der Waals surface area (Å²) in [6, 6.07) is 0. The monoisotopic (exact) mass is 288 g/mol. The van der Waals surface area contributed by atoms with E-state index < -0.39 is 0 Å². The van der Waals surface area contributed by atoms with Gasteiger partial charge in [0, 0.05) is 0 Å².